The van der Waals surface area contributed by atoms with Gasteiger partial charge in [-0.05, 0) is 88.0 Å². The van der Waals surface area contributed by atoms with Crippen LogP contribution >= 0.6 is 0 Å². The van der Waals surface area contributed by atoms with Gasteiger partial charge in [0, 0.05) is 140 Å². The first-order chi connectivity index (χ1) is 50.6. The molecule has 0 atom stereocenters. The maximum Gasteiger partial charge on any atom is 0.0701 e. The van der Waals surface area contributed by atoms with E-state index >= 15 is 0 Å². The molecule has 4 aromatic rings. The second-order valence-electron chi connectivity index (χ2n) is 28.5. The van der Waals surface area contributed by atoms with Crippen molar-refractivity contribution in [3.05, 3.63) is 72.1 Å². The van der Waals surface area contributed by atoms with Crippen LogP contribution in [0, 0.1) is 0 Å². The molecule has 0 aliphatic carbocycles. The Balaban J connectivity index is 0.618. The van der Waals surface area contributed by atoms with Crippen molar-refractivity contribution in [1.82, 2.24) is 38.5 Å². The van der Waals surface area contributed by atoms with Gasteiger partial charge >= 0.3 is 0 Å². The fourth-order valence-electron chi connectivity index (χ4n) is 14.2. The fourth-order valence-corrected chi connectivity index (χ4v) is 14.2. The highest BCUT2D eigenvalue weighted by molar-refractivity contribution is 5.84. The van der Waals surface area contributed by atoms with E-state index in [1.54, 1.807) is 0 Å². The molecule has 20 nitrogen and oxygen atoms in total. The quantitative estimate of drug-likeness (QED) is 0.0428. The van der Waals surface area contributed by atoms with Crippen molar-refractivity contribution in [2.45, 2.75) is 141 Å². The first-order valence-corrected chi connectivity index (χ1v) is 40.9. The zero-order valence-electron chi connectivity index (χ0n) is 64.5. The zero-order chi connectivity index (χ0) is 70.9. The van der Waals surface area contributed by atoms with Crippen LogP contribution in [0.5, 0.6) is 0 Å². The van der Waals surface area contributed by atoms with Crippen LogP contribution in [-0.2, 0) is 83.8 Å². The van der Waals surface area contributed by atoms with Gasteiger partial charge in [-0.25, -0.2) is 0 Å². The Morgan fingerprint density at radius 1 is 0.216 bits per heavy atom. The van der Waals surface area contributed by atoms with E-state index in [9.17, 15) is 0 Å². The van der Waals surface area contributed by atoms with Gasteiger partial charge in [0.1, 0.15) is 0 Å². The Morgan fingerprint density at radius 3 is 0.598 bits per heavy atom. The third kappa shape index (κ3) is 40.1. The third-order valence-corrected chi connectivity index (χ3v) is 20.6. The number of aromatic nitrogens is 2. The minimum Gasteiger partial charge on any atom is -0.378 e. The molecule has 0 amide bonds. The normalized spacial score (nSPS) is 20.0. The van der Waals surface area contributed by atoms with E-state index in [0.29, 0.717) is 106 Å². The maximum atomic E-state index is 6.09. The maximum absolute atomic E-state index is 6.09. The minimum atomic E-state index is 0.627. The van der Waals surface area contributed by atoms with Gasteiger partial charge in [0.05, 0.1) is 159 Å². The van der Waals surface area contributed by atoms with Crippen LogP contribution in [0.4, 0.5) is 0 Å². The molecule has 0 bridgehead atoms. The smallest absolute Gasteiger partial charge is 0.0701 e. The van der Waals surface area contributed by atoms with Crippen molar-refractivity contribution in [3.8, 4) is 0 Å². The molecule has 5 heterocycles. The lowest BCUT2D eigenvalue weighted by molar-refractivity contribution is 0.00776. The number of hydrogen-bond donors (Lipinski definition) is 0. The molecule has 0 unspecified atom stereocenters. The molecule has 3 fully saturated rings. The molecule has 102 heavy (non-hydrogen) atoms. The van der Waals surface area contributed by atoms with Crippen LogP contribution in [0.1, 0.15) is 140 Å². The van der Waals surface area contributed by atoms with E-state index in [0.717, 1.165) is 184 Å². The lowest BCUT2D eigenvalue weighted by Gasteiger charge is -2.23. The summed E-state index contributed by atoms with van der Waals surface area (Å²) in [6.07, 6.45) is 32.6. The highest BCUT2D eigenvalue weighted by Crippen LogP contribution is 2.23. The SMILES string of the molecule is Cn1cc(CCN2CCOCCOCCN(CCCCCCCCCCCCN3CCOCCOCCN(CCCCCCCCCCCCN4CCOCCOCCN(CCc5cn(C)c6ccccc56)CCOCCOCC4)CCOCCOCC3)CCOCCOCC2)c2ccccc21. The summed E-state index contributed by atoms with van der Waals surface area (Å²) in [5, 5.41) is 2.69. The Labute approximate surface area is 618 Å². The van der Waals surface area contributed by atoms with E-state index < -0.39 is 0 Å². The zero-order valence-corrected chi connectivity index (χ0v) is 64.5. The predicted molar refractivity (Wildman–Crippen MR) is 414 cm³/mol. The first kappa shape index (κ1) is 86.0. The topological polar surface area (TPSA) is 140 Å². The van der Waals surface area contributed by atoms with Gasteiger partial charge in [-0.2, -0.15) is 0 Å². The van der Waals surface area contributed by atoms with Crippen LogP contribution in [-0.4, -0.2) is 315 Å². The predicted octanol–water partition coefficient (Wildman–Crippen LogP) is 11.3. The van der Waals surface area contributed by atoms with E-state index in [4.69, 9.17) is 56.8 Å². The van der Waals surface area contributed by atoms with Crippen molar-refractivity contribution in [3.63, 3.8) is 0 Å². The number of fused-ring (bicyclic) bond motifs is 2. The summed E-state index contributed by atoms with van der Waals surface area (Å²) in [6, 6.07) is 17.4. The van der Waals surface area contributed by atoms with Crippen LogP contribution in [0.15, 0.2) is 60.9 Å². The van der Waals surface area contributed by atoms with Crippen LogP contribution in [0.2, 0.25) is 0 Å². The molecule has 3 aliphatic rings. The summed E-state index contributed by atoms with van der Waals surface area (Å²) in [7, 11) is 4.27. The number of rotatable bonds is 32. The molecule has 3 saturated heterocycles. The lowest BCUT2D eigenvalue weighted by atomic mass is 10.1. The van der Waals surface area contributed by atoms with Crippen molar-refractivity contribution < 1.29 is 56.8 Å². The average Bonchev–Trinajstić information content (AvgIpc) is 1.68. The van der Waals surface area contributed by atoms with Crippen LogP contribution in [0.3, 0.4) is 0 Å². The van der Waals surface area contributed by atoms with Crippen molar-refractivity contribution in [2.75, 3.05) is 276 Å². The Morgan fingerprint density at radius 2 is 0.392 bits per heavy atom. The molecule has 20 heteroatoms. The molecule has 2 aromatic carbocycles. The number of nitrogens with zero attached hydrogens (tertiary/aromatic N) is 8. The second kappa shape index (κ2) is 58.8. The Bertz CT molecular complexity index is 2350. The minimum absolute atomic E-state index is 0.627. The second-order valence-corrected chi connectivity index (χ2v) is 28.5. The summed E-state index contributed by atoms with van der Waals surface area (Å²) in [6.45, 7) is 33.6. The highest BCUT2D eigenvalue weighted by Gasteiger charge is 2.16. The summed E-state index contributed by atoms with van der Waals surface area (Å²) in [4.78, 5) is 15.0. The van der Waals surface area contributed by atoms with Gasteiger partial charge in [-0.15, -0.1) is 0 Å². The molecule has 0 saturated carbocycles. The Kier molecular flexibility index (Phi) is 49.6. The van der Waals surface area contributed by atoms with Gasteiger partial charge in [-0.3, -0.25) is 29.4 Å². The first-order valence-electron chi connectivity index (χ1n) is 40.9. The van der Waals surface area contributed by atoms with Gasteiger partial charge in [-0.1, -0.05) is 139 Å². The number of hydrogen-bond acceptors (Lipinski definition) is 18. The van der Waals surface area contributed by atoms with E-state index in [1.165, 1.54) is 161 Å². The standard InChI is InChI=1S/C82H144N8O12/c1-83-75-77(79-27-19-21-29-81(79)83)31-37-89-47-59-99-71-67-95-55-43-87(44-56-96-68-72-100-60-48-89)35-25-17-13-9-5-3-7-11-15-23-33-85-39-51-91-63-65-93-53-41-86(42-54-94-66-64-92-52-40-85)34-24-16-12-8-4-6-10-14-18-26-36-88-45-57-97-69-73-101-61-49-90(50-62-102-74-70-98-58-46-88)38-32-78-76-84(2)82-30-22-20-28-80(78)82/h19-22,27-30,75-76H,3-18,23-26,31-74H2,1-2H3. The number of unbranched alkanes of at least 4 members (excludes halogenated alkanes) is 18. The summed E-state index contributed by atoms with van der Waals surface area (Å²) < 4.78 is 77.2. The van der Waals surface area contributed by atoms with E-state index in [1.807, 2.05) is 0 Å². The molecular formula is C82H144N8O12. The number of para-hydroxylation sites is 2. The molecular weight excluding hydrogens is 1290 g/mol. The van der Waals surface area contributed by atoms with Gasteiger partial charge < -0.3 is 66.0 Å². The van der Waals surface area contributed by atoms with Crippen LogP contribution in [0.25, 0.3) is 21.8 Å². The summed E-state index contributed by atoms with van der Waals surface area (Å²) >= 11 is 0. The van der Waals surface area contributed by atoms with Crippen molar-refractivity contribution in [1.29, 1.82) is 0 Å². The molecule has 0 spiro atoms. The van der Waals surface area contributed by atoms with Crippen LogP contribution < -0.4 is 0 Å². The molecule has 2 aromatic heterocycles. The molecule has 3 aliphatic heterocycles. The number of ether oxygens (including phenoxy) is 12. The lowest BCUT2D eigenvalue weighted by Crippen LogP contribution is -2.34. The van der Waals surface area contributed by atoms with Gasteiger partial charge in [0.15, 0.2) is 0 Å². The van der Waals surface area contributed by atoms with Gasteiger partial charge in [0.25, 0.3) is 0 Å². The van der Waals surface area contributed by atoms with Crippen molar-refractivity contribution >= 4 is 21.8 Å². The average molecular weight is 1430 g/mol. The Hall–Kier alpha value is -3.20. The summed E-state index contributed by atoms with van der Waals surface area (Å²) in [5.74, 6) is 0. The highest BCUT2D eigenvalue weighted by atomic mass is 16.5. The van der Waals surface area contributed by atoms with E-state index in [-0.39, 0.29) is 0 Å². The largest absolute Gasteiger partial charge is 0.378 e. The molecule has 7 rings (SSSR count). The van der Waals surface area contributed by atoms with Gasteiger partial charge in [0.2, 0.25) is 0 Å². The third-order valence-electron chi connectivity index (χ3n) is 20.6. The monoisotopic (exact) mass is 1430 g/mol. The fraction of sp³-hybridized carbons (Fsp3) is 0.805. The molecule has 584 valence electrons. The van der Waals surface area contributed by atoms with Crippen molar-refractivity contribution in [2.24, 2.45) is 14.1 Å². The molecule has 0 radical (unpaired) electrons. The number of aryl methyl sites for hydroxylation is 2. The number of benzene rings is 2. The summed E-state index contributed by atoms with van der Waals surface area (Å²) in [5.41, 5.74) is 5.36. The van der Waals surface area contributed by atoms with E-state index in [2.05, 4.69) is 114 Å². The molecule has 0 N–H and O–H groups in total.